The van der Waals surface area contributed by atoms with Crippen molar-refractivity contribution in [3.8, 4) is 0 Å². The molecule has 6 aromatic rings. The molecule has 0 atom stereocenters. The Hall–Kier alpha value is -2.29. The number of halogens is 1. The molecule has 9 heteroatoms. The third-order valence-electron chi connectivity index (χ3n) is 5.86. The first-order chi connectivity index (χ1) is 19.9. The predicted octanol–water partition coefficient (Wildman–Crippen LogP) is 1.57. The summed E-state index contributed by atoms with van der Waals surface area (Å²) in [6.45, 7) is 0. The normalized spacial score (nSPS) is 10.4. The SMILES string of the molecule is [Fe].[O-][Cl+3]([O-])([O-])[O-].[Rh].c1ccc(P(c2ccccc2)[c-]2[cH-][cH-][cH-][cH-]2)cc1.c1ccc(P(c2ccccc2)[c-]2cccc2)cc1. The molecular formula is C34H28ClFeO4P2Rh-7. The van der Waals surface area contributed by atoms with Crippen LogP contribution in [0.1, 0.15) is 0 Å². The summed E-state index contributed by atoms with van der Waals surface area (Å²) in [4.78, 5) is 0. The van der Waals surface area contributed by atoms with Gasteiger partial charge in [0.25, 0.3) is 0 Å². The molecule has 0 aliphatic carbocycles. The summed E-state index contributed by atoms with van der Waals surface area (Å²) in [7, 11) is -5.76. The van der Waals surface area contributed by atoms with E-state index < -0.39 is 26.1 Å². The Kier molecular flexibility index (Phi) is 16.5. The van der Waals surface area contributed by atoms with E-state index in [4.69, 9.17) is 18.6 Å². The van der Waals surface area contributed by atoms with Crippen LogP contribution in [0.3, 0.4) is 0 Å². The zero-order valence-corrected chi connectivity index (χ0v) is 28.0. The third kappa shape index (κ3) is 12.3. The Morgan fingerprint density at radius 3 is 1.05 bits per heavy atom. The van der Waals surface area contributed by atoms with Crippen LogP contribution in [0, 0.1) is 10.2 Å². The molecule has 0 bridgehead atoms. The average molecular weight is 757 g/mol. The maximum Gasteiger partial charge on any atom is 0 e. The molecule has 0 N–H and O–H groups in total. The molecule has 0 spiro atoms. The van der Waals surface area contributed by atoms with E-state index in [0.717, 1.165) is 0 Å². The van der Waals surface area contributed by atoms with Crippen LogP contribution >= 0.6 is 15.8 Å². The van der Waals surface area contributed by atoms with Crippen LogP contribution in [0.25, 0.3) is 0 Å². The van der Waals surface area contributed by atoms with Gasteiger partial charge < -0.3 is 29.6 Å². The van der Waals surface area contributed by atoms with E-state index in [1.165, 1.54) is 31.8 Å². The number of rotatable bonds is 6. The van der Waals surface area contributed by atoms with E-state index in [0.29, 0.717) is 0 Å². The molecule has 0 aliphatic rings. The molecule has 1 radical (unpaired) electrons. The molecule has 0 saturated heterocycles. The summed E-state index contributed by atoms with van der Waals surface area (Å²) < 4.78 is 34.0. The van der Waals surface area contributed by atoms with Gasteiger partial charge in [0.05, 0.1) is 0 Å². The van der Waals surface area contributed by atoms with E-state index in [9.17, 15) is 0 Å². The van der Waals surface area contributed by atoms with Crippen molar-refractivity contribution < 1.29 is 65.4 Å². The summed E-state index contributed by atoms with van der Waals surface area (Å²) in [5.74, 6) is 0. The second-order valence-corrected chi connectivity index (χ2v) is 13.9. The maximum atomic E-state index is 8.49. The third-order valence-corrected chi connectivity index (χ3v) is 10.8. The monoisotopic (exact) mass is 756 g/mol. The van der Waals surface area contributed by atoms with Crippen molar-refractivity contribution in [3.05, 3.63) is 170 Å². The van der Waals surface area contributed by atoms with Crippen molar-refractivity contribution in [3.63, 3.8) is 0 Å². The Balaban J connectivity index is 0.000000250. The van der Waals surface area contributed by atoms with E-state index in [1.807, 2.05) is 0 Å². The van der Waals surface area contributed by atoms with Crippen LogP contribution in [0.5, 0.6) is 0 Å². The van der Waals surface area contributed by atoms with Gasteiger partial charge in [0.1, 0.15) is 0 Å². The van der Waals surface area contributed by atoms with Crippen LogP contribution in [0.2, 0.25) is 0 Å². The fraction of sp³-hybridized carbons (Fsp3) is 0. The molecule has 0 unspecified atom stereocenters. The van der Waals surface area contributed by atoms with Gasteiger partial charge in [-0.05, 0) is 10.6 Å². The molecule has 0 heterocycles. The molecule has 0 amide bonds. The zero-order chi connectivity index (χ0) is 28.9. The van der Waals surface area contributed by atoms with Gasteiger partial charge in [-0.3, -0.25) is 0 Å². The minimum Gasteiger partial charge on any atom is -0.747 e. The summed E-state index contributed by atoms with van der Waals surface area (Å²) in [5.41, 5.74) is 0. The van der Waals surface area contributed by atoms with Crippen molar-refractivity contribution in [2.45, 2.75) is 0 Å². The minimum atomic E-state index is -4.94. The standard InChI is InChI=1S/2C17H14P.ClHO4.Fe.Rh/c2*1-3-9-15(10-4-1)18(17-13-7-8-14-17)16-11-5-2-6-12-16;2-1(3,4)5;;/h2*1-14H;(H,2,3,4,5);;/q-5;-1;;;/p-1. The van der Waals surface area contributed by atoms with Gasteiger partial charge in [-0.15, -0.1) is 15.5 Å². The predicted molar refractivity (Wildman–Crippen MR) is 161 cm³/mol. The molecule has 0 aromatic heterocycles. The summed E-state index contributed by atoms with van der Waals surface area (Å²) in [5, 5.41) is 8.47. The minimum absolute atomic E-state index is 0. The first-order valence-electron chi connectivity index (χ1n) is 12.8. The van der Waals surface area contributed by atoms with Gasteiger partial charge >= 0.3 is 0 Å². The van der Waals surface area contributed by atoms with Crippen molar-refractivity contribution >= 4 is 47.7 Å². The van der Waals surface area contributed by atoms with Crippen LogP contribution < -0.4 is 50.5 Å². The molecule has 0 saturated carbocycles. The topological polar surface area (TPSA) is 92.2 Å². The summed E-state index contributed by atoms with van der Waals surface area (Å²) in [6.07, 6.45) is 0. The largest absolute Gasteiger partial charge is 0.747 e. The fourth-order valence-corrected chi connectivity index (χ4v) is 8.84. The molecule has 6 rings (SSSR count). The molecule has 4 nitrogen and oxygen atoms in total. The Morgan fingerprint density at radius 1 is 0.465 bits per heavy atom. The quantitative estimate of drug-likeness (QED) is 0.147. The van der Waals surface area contributed by atoms with E-state index in [1.54, 1.807) is 0 Å². The van der Waals surface area contributed by atoms with Crippen LogP contribution in [0.4, 0.5) is 0 Å². The van der Waals surface area contributed by atoms with Crippen molar-refractivity contribution in [2.75, 3.05) is 0 Å². The molecule has 0 aliphatic heterocycles. The van der Waals surface area contributed by atoms with E-state index >= 15 is 0 Å². The van der Waals surface area contributed by atoms with Crippen LogP contribution in [0.15, 0.2) is 170 Å². The van der Waals surface area contributed by atoms with Crippen LogP contribution in [-0.2, 0) is 36.5 Å². The second kappa shape index (κ2) is 19.2. The summed E-state index contributed by atoms with van der Waals surface area (Å²) in [6, 6.07) is 60.5. The van der Waals surface area contributed by atoms with Gasteiger partial charge in [-0.25, -0.2) is 38.7 Å². The first-order valence-corrected chi connectivity index (χ1v) is 16.7. The maximum absolute atomic E-state index is 8.49. The van der Waals surface area contributed by atoms with Crippen molar-refractivity contribution in [1.82, 2.24) is 0 Å². The van der Waals surface area contributed by atoms with Crippen LogP contribution in [-0.4, -0.2) is 0 Å². The molecular weight excluding hydrogens is 729 g/mol. The molecule has 6 aromatic carbocycles. The number of hydrogen-bond acceptors (Lipinski definition) is 4. The van der Waals surface area contributed by atoms with Crippen molar-refractivity contribution in [2.24, 2.45) is 0 Å². The second-order valence-electron chi connectivity index (χ2n) is 8.68. The van der Waals surface area contributed by atoms with Gasteiger partial charge in [-0.1, -0.05) is 140 Å². The van der Waals surface area contributed by atoms with Gasteiger partial charge in [0, 0.05) is 36.5 Å². The number of benzene rings is 4. The average Bonchev–Trinajstić information content (AvgIpc) is 3.71. The Labute approximate surface area is 281 Å². The Bertz CT molecular complexity index is 1320. The Morgan fingerprint density at radius 2 is 0.744 bits per heavy atom. The van der Waals surface area contributed by atoms with Crippen molar-refractivity contribution in [1.29, 1.82) is 0 Å². The zero-order valence-electron chi connectivity index (χ0n) is 22.8. The summed E-state index contributed by atoms with van der Waals surface area (Å²) >= 11 is 0. The first kappa shape index (κ1) is 36.9. The number of hydrogen-bond donors (Lipinski definition) is 0. The molecule has 43 heavy (non-hydrogen) atoms. The van der Waals surface area contributed by atoms with E-state index in [2.05, 4.69) is 170 Å². The van der Waals surface area contributed by atoms with Gasteiger partial charge in [0.2, 0.25) is 0 Å². The van der Waals surface area contributed by atoms with E-state index in [-0.39, 0.29) is 36.5 Å². The molecule has 0 fully saturated rings. The van der Waals surface area contributed by atoms with Gasteiger partial charge in [0.15, 0.2) is 0 Å². The smallest absolute Gasteiger partial charge is 0 e. The fourth-order valence-electron chi connectivity index (χ4n) is 4.23. The van der Waals surface area contributed by atoms with Gasteiger partial charge in [-0.2, -0.15) is 12.1 Å². The molecule has 229 valence electrons.